The van der Waals surface area contributed by atoms with Gasteiger partial charge in [-0.2, -0.15) is 0 Å². The lowest BCUT2D eigenvalue weighted by Gasteiger charge is -2.29. The number of likely N-dealkylation sites (N-methyl/N-ethyl adjacent to an activating group) is 1. The summed E-state index contributed by atoms with van der Waals surface area (Å²) in [5.74, 6) is 0.0743. The highest BCUT2D eigenvalue weighted by molar-refractivity contribution is 5.84. The van der Waals surface area contributed by atoms with Crippen LogP contribution in [0.3, 0.4) is 0 Å². The van der Waals surface area contributed by atoms with Crippen LogP contribution in [0.25, 0.3) is 0 Å². The highest BCUT2D eigenvalue weighted by Crippen LogP contribution is 2.24. The summed E-state index contributed by atoms with van der Waals surface area (Å²) in [4.78, 5) is 15.1. The largest absolute Gasteiger partial charge is 0.367 e. The Balaban J connectivity index is 3.05. The minimum atomic E-state index is -0.330. The van der Waals surface area contributed by atoms with E-state index in [9.17, 15) is 9.18 Å². The van der Waals surface area contributed by atoms with E-state index in [1.165, 1.54) is 6.07 Å². The molecule has 0 fully saturated rings. The van der Waals surface area contributed by atoms with E-state index < -0.39 is 0 Å². The fourth-order valence-corrected chi connectivity index (χ4v) is 2.02. The van der Waals surface area contributed by atoms with Gasteiger partial charge in [-0.15, -0.1) is 0 Å². The Kier molecular flexibility index (Phi) is 5.96. The number of hydrogen-bond acceptors (Lipinski definition) is 3. The van der Waals surface area contributed by atoms with Crippen molar-refractivity contribution >= 4 is 12.0 Å². The summed E-state index contributed by atoms with van der Waals surface area (Å²) in [6, 6.07) is 4.64. The third-order valence-electron chi connectivity index (χ3n) is 2.86. The van der Waals surface area contributed by atoms with Crippen LogP contribution in [0.2, 0.25) is 0 Å². The van der Waals surface area contributed by atoms with Crippen molar-refractivity contribution in [2.45, 2.75) is 13.8 Å². The maximum Gasteiger partial charge on any atom is 0.152 e. The van der Waals surface area contributed by atoms with E-state index in [2.05, 4.69) is 18.7 Å². The van der Waals surface area contributed by atoms with Gasteiger partial charge in [0.2, 0.25) is 0 Å². The fourth-order valence-electron chi connectivity index (χ4n) is 2.02. The van der Waals surface area contributed by atoms with Crippen molar-refractivity contribution in [1.29, 1.82) is 0 Å². The van der Waals surface area contributed by atoms with Crippen LogP contribution in [-0.2, 0) is 0 Å². The predicted octanol–water partition coefficient (Wildman–Crippen LogP) is 2.66. The zero-order valence-electron chi connectivity index (χ0n) is 12.2. The van der Waals surface area contributed by atoms with Gasteiger partial charge >= 0.3 is 0 Å². The summed E-state index contributed by atoms with van der Waals surface area (Å²) in [7, 11) is 3.96. The minimum Gasteiger partial charge on any atom is -0.367 e. The Morgan fingerprint density at radius 3 is 2.47 bits per heavy atom. The molecule has 0 amide bonds. The number of hydrogen-bond donors (Lipinski definition) is 0. The Morgan fingerprint density at radius 1 is 1.26 bits per heavy atom. The highest BCUT2D eigenvalue weighted by atomic mass is 19.1. The molecular weight excluding hydrogens is 243 g/mol. The molecular formula is C15H23FN2O. The number of rotatable bonds is 7. The number of aldehydes is 1. The maximum atomic E-state index is 14.0. The normalized spacial score (nSPS) is 11.1. The lowest BCUT2D eigenvalue weighted by Crippen LogP contribution is -2.35. The molecule has 0 spiro atoms. The first-order valence-corrected chi connectivity index (χ1v) is 6.59. The molecule has 0 aromatic heterocycles. The topological polar surface area (TPSA) is 23.6 Å². The van der Waals surface area contributed by atoms with Gasteiger partial charge in [0.1, 0.15) is 5.82 Å². The second-order valence-corrected chi connectivity index (χ2v) is 5.44. The van der Waals surface area contributed by atoms with Gasteiger partial charge in [-0.05, 0) is 32.1 Å². The lowest BCUT2D eigenvalue weighted by atomic mass is 10.1. The molecule has 0 unspecified atom stereocenters. The molecule has 0 saturated heterocycles. The Hall–Kier alpha value is -1.42. The van der Waals surface area contributed by atoms with E-state index in [0.717, 1.165) is 19.4 Å². The van der Waals surface area contributed by atoms with Crippen LogP contribution in [0.4, 0.5) is 10.1 Å². The van der Waals surface area contributed by atoms with Gasteiger partial charge in [0, 0.05) is 25.2 Å². The number of nitrogens with zero attached hydrogens (tertiary/aromatic N) is 2. The van der Waals surface area contributed by atoms with Crippen LogP contribution in [-0.4, -0.2) is 44.9 Å². The highest BCUT2D eigenvalue weighted by Gasteiger charge is 2.17. The van der Waals surface area contributed by atoms with Crippen LogP contribution in [0.15, 0.2) is 18.2 Å². The standard InChI is InChI=1S/C15H23FN2O/c1-12(2)10-18(9-8-17(3)4)15-13(11-19)6-5-7-14(15)16/h5-7,11-12H,8-10H2,1-4H3. The van der Waals surface area contributed by atoms with E-state index in [4.69, 9.17) is 0 Å². The number of halogens is 1. The number of benzene rings is 1. The summed E-state index contributed by atoms with van der Waals surface area (Å²) in [6.45, 7) is 6.43. The van der Waals surface area contributed by atoms with Crippen LogP contribution in [0, 0.1) is 11.7 Å². The Bertz CT molecular complexity index is 419. The third kappa shape index (κ3) is 4.63. The first kappa shape index (κ1) is 15.6. The summed E-state index contributed by atoms with van der Waals surface area (Å²) in [5.41, 5.74) is 0.840. The fraction of sp³-hybridized carbons (Fsp3) is 0.533. The molecule has 0 aliphatic rings. The molecule has 0 bridgehead atoms. The molecule has 0 N–H and O–H groups in total. The number of anilines is 1. The summed E-state index contributed by atoms with van der Waals surface area (Å²) in [5, 5.41) is 0. The predicted molar refractivity (Wildman–Crippen MR) is 77.4 cm³/mol. The third-order valence-corrected chi connectivity index (χ3v) is 2.86. The maximum absolute atomic E-state index is 14.0. The van der Waals surface area contributed by atoms with Gasteiger partial charge in [-0.25, -0.2) is 4.39 Å². The molecule has 1 aromatic carbocycles. The molecule has 19 heavy (non-hydrogen) atoms. The zero-order valence-corrected chi connectivity index (χ0v) is 12.2. The van der Waals surface area contributed by atoms with Crippen molar-refractivity contribution in [1.82, 2.24) is 4.90 Å². The Morgan fingerprint density at radius 2 is 1.95 bits per heavy atom. The van der Waals surface area contributed by atoms with Gasteiger partial charge in [-0.3, -0.25) is 4.79 Å². The van der Waals surface area contributed by atoms with E-state index in [1.807, 2.05) is 19.0 Å². The summed E-state index contributed by atoms with van der Waals surface area (Å²) < 4.78 is 14.0. The van der Waals surface area contributed by atoms with Gasteiger partial charge in [0.05, 0.1) is 5.69 Å². The zero-order chi connectivity index (χ0) is 14.4. The van der Waals surface area contributed by atoms with E-state index in [-0.39, 0.29) is 5.82 Å². The summed E-state index contributed by atoms with van der Waals surface area (Å²) >= 11 is 0. The van der Waals surface area contributed by atoms with Crippen molar-refractivity contribution in [3.63, 3.8) is 0 Å². The number of carbonyl (C=O) groups is 1. The van der Waals surface area contributed by atoms with Crippen molar-refractivity contribution in [2.24, 2.45) is 5.92 Å². The molecule has 0 saturated carbocycles. The van der Waals surface area contributed by atoms with E-state index in [1.54, 1.807) is 12.1 Å². The average molecular weight is 266 g/mol. The lowest BCUT2D eigenvalue weighted by molar-refractivity contribution is 0.112. The van der Waals surface area contributed by atoms with Crippen molar-refractivity contribution in [3.05, 3.63) is 29.6 Å². The quantitative estimate of drug-likeness (QED) is 0.709. The van der Waals surface area contributed by atoms with Crippen LogP contribution < -0.4 is 4.90 Å². The molecule has 1 aromatic rings. The molecule has 0 atom stereocenters. The van der Waals surface area contributed by atoms with Gasteiger partial charge in [0.25, 0.3) is 0 Å². The van der Waals surface area contributed by atoms with Gasteiger partial charge < -0.3 is 9.80 Å². The number of para-hydroxylation sites is 1. The van der Waals surface area contributed by atoms with Crippen molar-refractivity contribution < 1.29 is 9.18 Å². The van der Waals surface area contributed by atoms with Crippen LogP contribution in [0.5, 0.6) is 0 Å². The SMILES string of the molecule is CC(C)CN(CCN(C)C)c1c(F)cccc1C=O. The second kappa shape index (κ2) is 7.24. The summed E-state index contributed by atoms with van der Waals surface area (Å²) in [6.07, 6.45) is 0.724. The van der Waals surface area contributed by atoms with E-state index in [0.29, 0.717) is 23.7 Å². The molecule has 0 aliphatic carbocycles. The molecule has 0 radical (unpaired) electrons. The molecule has 0 aliphatic heterocycles. The number of carbonyl (C=O) groups excluding carboxylic acids is 1. The average Bonchev–Trinajstić information content (AvgIpc) is 2.33. The monoisotopic (exact) mass is 266 g/mol. The second-order valence-electron chi connectivity index (χ2n) is 5.44. The Labute approximate surface area is 115 Å². The molecule has 106 valence electrons. The van der Waals surface area contributed by atoms with Crippen molar-refractivity contribution in [3.8, 4) is 0 Å². The van der Waals surface area contributed by atoms with Gasteiger partial charge in [0.15, 0.2) is 6.29 Å². The van der Waals surface area contributed by atoms with Gasteiger partial charge in [-0.1, -0.05) is 19.9 Å². The molecule has 0 heterocycles. The smallest absolute Gasteiger partial charge is 0.152 e. The van der Waals surface area contributed by atoms with Crippen molar-refractivity contribution in [2.75, 3.05) is 38.6 Å². The van der Waals surface area contributed by atoms with Crippen LogP contribution in [0.1, 0.15) is 24.2 Å². The molecule has 4 heteroatoms. The molecule has 1 rings (SSSR count). The van der Waals surface area contributed by atoms with E-state index >= 15 is 0 Å². The first-order valence-electron chi connectivity index (χ1n) is 6.59. The first-order chi connectivity index (χ1) is 8.95. The van der Waals surface area contributed by atoms with Crippen LogP contribution >= 0.6 is 0 Å². The minimum absolute atomic E-state index is 0.330. The molecule has 3 nitrogen and oxygen atoms in total.